The Morgan fingerprint density at radius 3 is 2.75 bits per heavy atom. The maximum Gasteiger partial charge on any atom is 0.254 e. The van der Waals surface area contributed by atoms with E-state index in [0.29, 0.717) is 22.2 Å². The van der Waals surface area contributed by atoms with Crippen LogP contribution in [-0.2, 0) is 0 Å². The van der Waals surface area contributed by atoms with E-state index in [-0.39, 0.29) is 23.5 Å². The van der Waals surface area contributed by atoms with Gasteiger partial charge in [-0.3, -0.25) is 4.79 Å². The van der Waals surface area contributed by atoms with Crippen LogP contribution in [0.15, 0.2) is 23.4 Å². The van der Waals surface area contributed by atoms with E-state index in [4.69, 9.17) is 10.9 Å². The van der Waals surface area contributed by atoms with Gasteiger partial charge in [0.1, 0.15) is 11.7 Å². The average molecular weight is 393 g/mol. The largest absolute Gasteiger partial charge is 0.409 e. The normalized spacial score (nSPS) is 13.1. The van der Waals surface area contributed by atoms with Crippen LogP contribution in [0.2, 0.25) is 0 Å². The third-order valence-corrected chi connectivity index (χ3v) is 3.84. The summed E-state index contributed by atoms with van der Waals surface area (Å²) in [5.74, 6) is -0.763. The van der Waals surface area contributed by atoms with Crippen LogP contribution in [0.25, 0.3) is 0 Å². The summed E-state index contributed by atoms with van der Waals surface area (Å²) in [5, 5.41) is 11.6. The highest BCUT2D eigenvalue weighted by molar-refractivity contribution is 14.1. The van der Waals surface area contributed by atoms with Crippen molar-refractivity contribution in [2.45, 2.75) is 13.8 Å². The van der Waals surface area contributed by atoms with Crippen molar-refractivity contribution in [1.29, 1.82) is 0 Å². The number of halogens is 2. The fourth-order valence-corrected chi connectivity index (χ4v) is 2.42. The summed E-state index contributed by atoms with van der Waals surface area (Å²) < 4.78 is 13.6. The van der Waals surface area contributed by atoms with E-state index in [2.05, 4.69) is 5.16 Å². The summed E-state index contributed by atoms with van der Waals surface area (Å²) in [7, 11) is 0. The monoisotopic (exact) mass is 393 g/mol. The van der Waals surface area contributed by atoms with Gasteiger partial charge in [0.25, 0.3) is 5.91 Å². The molecular weight excluding hydrogens is 376 g/mol. The van der Waals surface area contributed by atoms with Gasteiger partial charge >= 0.3 is 0 Å². The number of nitrogens with two attached hydrogens (primary N) is 1. The smallest absolute Gasteiger partial charge is 0.254 e. The SMILES string of the molecule is CCN(CC(C)/C(N)=N/O)C(=O)c1ccc(F)cc1I. The van der Waals surface area contributed by atoms with Gasteiger partial charge in [-0.05, 0) is 47.7 Å². The molecule has 0 aliphatic rings. The van der Waals surface area contributed by atoms with Crippen LogP contribution in [0.1, 0.15) is 24.2 Å². The van der Waals surface area contributed by atoms with Crippen molar-refractivity contribution in [3.63, 3.8) is 0 Å². The van der Waals surface area contributed by atoms with Crippen molar-refractivity contribution >= 4 is 34.3 Å². The summed E-state index contributed by atoms with van der Waals surface area (Å²) in [5.41, 5.74) is 5.96. The third-order valence-electron chi connectivity index (χ3n) is 2.95. The number of amidine groups is 1. The van der Waals surface area contributed by atoms with Crippen LogP contribution in [-0.4, -0.2) is 34.9 Å². The number of amides is 1. The molecule has 110 valence electrons. The van der Waals surface area contributed by atoms with Gasteiger partial charge in [0.2, 0.25) is 0 Å². The number of hydrogen-bond acceptors (Lipinski definition) is 3. The first-order chi connectivity index (χ1) is 9.40. The number of carbonyl (C=O) groups is 1. The van der Waals surface area contributed by atoms with Crippen molar-refractivity contribution in [2.75, 3.05) is 13.1 Å². The molecule has 1 aromatic rings. The zero-order valence-corrected chi connectivity index (χ0v) is 13.5. The maximum atomic E-state index is 13.1. The number of rotatable bonds is 5. The Hall–Kier alpha value is -1.38. The van der Waals surface area contributed by atoms with Gasteiger partial charge < -0.3 is 15.8 Å². The second-order valence-electron chi connectivity index (χ2n) is 4.39. The van der Waals surface area contributed by atoms with Crippen molar-refractivity contribution < 1.29 is 14.4 Å². The van der Waals surface area contributed by atoms with Crippen LogP contribution in [0, 0.1) is 15.3 Å². The molecule has 0 aliphatic heterocycles. The third kappa shape index (κ3) is 4.06. The van der Waals surface area contributed by atoms with Gasteiger partial charge in [-0.15, -0.1) is 0 Å². The van der Waals surface area contributed by atoms with E-state index in [0.717, 1.165) is 0 Å². The van der Waals surface area contributed by atoms with Gasteiger partial charge in [-0.2, -0.15) is 0 Å². The molecule has 0 radical (unpaired) electrons. The molecule has 1 atom stereocenters. The molecule has 0 fully saturated rings. The molecule has 0 spiro atoms. The Kier molecular flexibility index (Phi) is 6.18. The topological polar surface area (TPSA) is 78.9 Å². The van der Waals surface area contributed by atoms with Crippen molar-refractivity contribution in [3.8, 4) is 0 Å². The molecule has 1 rings (SSSR count). The van der Waals surface area contributed by atoms with Gasteiger partial charge in [-0.25, -0.2) is 4.39 Å². The lowest BCUT2D eigenvalue weighted by atomic mass is 10.1. The number of nitrogens with zero attached hydrogens (tertiary/aromatic N) is 2. The Balaban J connectivity index is 2.92. The Morgan fingerprint density at radius 1 is 1.60 bits per heavy atom. The van der Waals surface area contributed by atoms with Crippen LogP contribution < -0.4 is 5.73 Å². The molecule has 0 aromatic heterocycles. The Bertz CT molecular complexity index is 522. The van der Waals surface area contributed by atoms with Crippen LogP contribution in [0.5, 0.6) is 0 Å². The molecule has 3 N–H and O–H groups in total. The van der Waals surface area contributed by atoms with Crippen LogP contribution in [0.3, 0.4) is 0 Å². The highest BCUT2D eigenvalue weighted by atomic mass is 127. The van der Waals surface area contributed by atoms with E-state index in [1.165, 1.54) is 18.2 Å². The first-order valence-electron chi connectivity index (χ1n) is 6.12. The number of oxime groups is 1. The first-order valence-corrected chi connectivity index (χ1v) is 7.20. The van der Waals surface area contributed by atoms with Crippen molar-refractivity contribution in [2.24, 2.45) is 16.8 Å². The predicted molar refractivity (Wildman–Crippen MR) is 83.3 cm³/mol. The van der Waals surface area contributed by atoms with Gasteiger partial charge in [0, 0.05) is 22.6 Å². The molecule has 0 heterocycles. The van der Waals surface area contributed by atoms with Crippen LogP contribution in [0.4, 0.5) is 4.39 Å². The molecule has 0 bridgehead atoms. The molecule has 0 saturated carbocycles. The zero-order valence-electron chi connectivity index (χ0n) is 11.3. The molecule has 0 aliphatic carbocycles. The minimum absolute atomic E-state index is 0.0741. The summed E-state index contributed by atoms with van der Waals surface area (Å²) in [6.45, 7) is 4.42. The lowest BCUT2D eigenvalue weighted by Crippen LogP contribution is -2.39. The Morgan fingerprint density at radius 2 is 2.25 bits per heavy atom. The number of benzene rings is 1. The summed E-state index contributed by atoms with van der Waals surface area (Å²) in [6.07, 6.45) is 0. The van der Waals surface area contributed by atoms with E-state index in [1.807, 2.05) is 29.5 Å². The number of carbonyl (C=O) groups excluding carboxylic acids is 1. The summed E-state index contributed by atoms with van der Waals surface area (Å²) in [4.78, 5) is 14.0. The van der Waals surface area contributed by atoms with E-state index in [1.54, 1.807) is 11.8 Å². The first kappa shape index (κ1) is 16.7. The fraction of sp³-hybridized carbons (Fsp3) is 0.385. The van der Waals surface area contributed by atoms with Gasteiger partial charge in [0.15, 0.2) is 0 Å². The lowest BCUT2D eigenvalue weighted by Gasteiger charge is -2.24. The molecule has 20 heavy (non-hydrogen) atoms. The lowest BCUT2D eigenvalue weighted by molar-refractivity contribution is 0.0752. The van der Waals surface area contributed by atoms with E-state index in [9.17, 15) is 9.18 Å². The van der Waals surface area contributed by atoms with Gasteiger partial charge in [0.05, 0.1) is 5.56 Å². The second-order valence-corrected chi connectivity index (χ2v) is 5.56. The van der Waals surface area contributed by atoms with Gasteiger partial charge in [-0.1, -0.05) is 12.1 Å². The minimum atomic E-state index is -0.376. The number of hydrogen-bond donors (Lipinski definition) is 2. The second kappa shape index (κ2) is 7.41. The minimum Gasteiger partial charge on any atom is -0.409 e. The standard InChI is InChI=1S/C13H17FIN3O2/c1-3-18(7-8(2)12(16)17-20)13(19)10-5-4-9(14)6-11(10)15/h4-6,8,20H,3,7H2,1-2H3,(H2,16,17). The van der Waals surface area contributed by atoms with Crippen molar-refractivity contribution in [1.82, 2.24) is 4.90 Å². The quantitative estimate of drug-likeness (QED) is 0.265. The highest BCUT2D eigenvalue weighted by Gasteiger charge is 2.20. The highest BCUT2D eigenvalue weighted by Crippen LogP contribution is 2.17. The molecule has 0 saturated heterocycles. The van der Waals surface area contributed by atoms with E-state index >= 15 is 0 Å². The Labute approximate surface area is 130 Å². The van der Waals surface area contributed by atoms with Crippen molar-refractivity contribution in [3.05, 3.63) is 33.1 Å². The molecule has 5 nitrogen and oxygen atoms in total. The maximum absolute atomic E-state index is 13.1. The summed E-state index contributed by atoms with van der Waals surface area (Å²) >= 11 is 1.93. The molecular formula is C13H17FIN3O2. The summed E-state index contributed by atoms with van der Waals surface area (Å²) in [6, 6.07) is 4.04. The zero-order chi connectivity index (χ0) is 15.3. The van der Waals surface area contributed by atoms with Crippen LogP contribution >= 0.6 is 22.6 Å². The average Bonchev–Trinajstić information content (AvgIpc) is 2.42. The molecule has 1 aromatic carbocycles. The molecule has 1 unspecified atom stereocenters. The van der Waals surface area contributed by atoms with E-state index < -0.39 is 0 Å². The molecule has 1 amide bonds. The molecule has 7 heteroatoms. The predicted octanol–water partition coefficient (Wildman–Crippen LogP) is 2.27. The fourth-order valence-electron chi connectivity index (χ4n) is 1.71.